The first kappa shape index (κ1) is 22.9. The third kappa shape index (κ3) is 5.70. The molecule has 0 atom stereocenters. The zero-order chi connectivity index (χ0) is 23.3. The Morgan fingerprint density at radius 3 is 2.38 bits per heavy atom. The lowest BCUT2D eigenvalue weighted by Crippen LogP contribution is -2.47. The minimum Gasteiger partial charge on any atom is -0.491 e. The summed E-state index contributed by atoms with van der Waals surface area (Å²) in [6.45, 7) is 4.45. The molecule has 32 heavy (non-hydrogen) atoms. The lowest BCUT2D eigenvalue weighted by Gasteiger charge is -2.34. The lowest BCUT2D eigenvalue weighted by molar-refractivity contribution is -0.384. The van der Waals surface area contributed by atoms with Gasteiger partial charge in [-0.25, -0.2) is 0 Å². The van der Waals surface area contributed by atoms with Crippen LogP contribution < -0.4 is 15.5 Å². The predicted molar refractivity (Wildman–Crippen MR) is 117 cm³/mol. The quantitative estimate of drug-likeness (QED) is 0.501. The van der Waals surface area contributed by atoms with Gasteiger partial charge in [0.25, 0.3) is 5.69 Å². The Kier molecular flexibility index (Phi) is 7.21. The van der Waals surface area contributed by atoms with Crippen LogP contribution in [-0.4, -0.2) is 64.4 Å². The van der Waals surface area contributed by atoms with Gasteiger partial charge in [-0.05, 0) is 12.1 Å². The number of nitro groups is 1. The Balaban J connectivity index is 1.73. The Bertz CT molecular complexity index is 1060. The fraction of sp³-hybridized carbons (Fsp3) is 0.381. The number of nitrogens with zero attached hydrogens (tertiary/aromatic N) is 4. The Labute approximate surface area is 184 Å². The monoisotopic (exact) mass is 443 g/mol. The fourth-order valence-corrected chi connectivity index (χ4v) is 3.50. The maximum atomic E-state index is 12.6. The van der Waals surface area contributed by atoms with E-state index in [0.717, 1.165) is 0 Å². The van der Waals surface area contributed by atoms with Crippen molar-refractivity contribution in [2.75, 3.05) is 38.6 Å². The highest BCUT2D eigenvalue weighted by molar-refractivity contribution is 5.90. The summed E-state index contributed by atoms with van der Waals surface area (Å²) in [5.74, 6) is -0.195. The normalized spacial score (nSPS) is 14.1. The van der Waals surface area contributed by atoms with E-state index in [1.807, 2.05) is 0 Å². The average Bonchev–Trinajstić information content (AvgIpc) is 2.76. The highest BCUT2D eigenvalue weighted by Crippen LogP contribution is 2.16. The number of hydrogen-bond acceptors (Lipinski definition) is 7. The number of nitrogens with one attached hydrogen (secondary N) is 1. The van der Waals surface area contributed by atoms with Gasteiger partial charge in [0, 0.05) is 69.2 Å². The molecule has 1 aromatic heterocycles. The number of carbonyl (C=O) groups is 2. The summed E-state index contributed by atoms with van der Waals surface area (Å²) in [6.07, 6.45) is 1.50. The van der Waals surface area contributed by atoms with Crippen LogP contribution in [0.2, 0.25) is 0 Å². The summed E-state index contributed by atoms with van der Waals surface area (Å²) in [6, 6.07) is 6.98. The third-order valence-corrected chi connectivity index (χ3v) is 5.28. The van der Waals surface area contributed by atoms with Gasteiger partial charge in [-0.2, -0.15) is 0 Å². The Hall–Kier alpha value is -3.73. The van der Waals surface area contributed by atoms with Gasteiger partial charge in [0.05, 0.1) is 18.2 Å². The number of amides is 2. The molecular weight excluding hydrogens is 418 g/mol. The Morgan fingerprint density at radius 1 is 1.16 bits per heavy atom. The molecule has 0 aliphatic carbocycles. The van der Waals surface area contributed by atoms with Crippen molar-refractivity contribution in [1.82, 2.24) is 14.4 Å². The number of piperazine rings is 1. The summed E-state index contributed by atoms with van der Waals surface area (Å²) in [4.78, 5) is 50.6. The van der Waals surface area contributed by atoms with Crippen molar-refractivity contribution in [3.8, 4) is 5.75 Å². The molecule has 1 N–H and O–H groups in total. The largest absolute Gasteiger partial charge is 0.491 e. The highest BCUT2D eigenvalue weighted by Gasteiger charge is 2.20. The number of non-ortho nitro benzene ring substituents is 1. The van der Waals surface area contributed by atoms with Gasteiger partial charge in [0.1, 0.15) is 6.54 Å². The van der Waals surface area contributed by atoms with E-state index in [1.54, 1.807) is 16.4 Å². The number of nitro benzene ring substituents is 1. The fourth-order valence-electron chi connectivity index (χ4n) is 3.50. The van der Waals surface area contributed by atoms with Crippen molar-refractivity contribution < 1.29 is 19.2 Å². The van der Waals surface area contributed by atoms with E-state index in [1.165, 1.54) is 43.6 Å². The zero-order valence-corrected chi connectivity index (χ0v) is 17.9. The van der Waals surface area contributed by atoms with E-state index >= 15 is 0 Å². The number of hydrogen-bond donors (Lipinski definition) is 1. The van der Waals surface area contributed by atoms with Crippen LogP contribution in [0, 0.1) is 10.1 Å². The molecular formula is C21H25N5O6. The Morgan fingerprint density at radius 2 is 1.81 bits per heavy atom. The van der Waals surface area contributed by atoms with Crippen LogP contribution in [0.4, 0.5) is 11.4 Å². The van der Waals surface area contributed by atoms with E-state index in [0.29, 0.717) is 44.1 Å². The molecule has 170 valence electrons. The minimum absolute atomic E-state index is 0.0360. The zero-order valence-electron chi connectivity index (χ0n) is 17.9. The van der Waals surface area contributed by atoms with Gasteiger partial charge in [-0.1, -0.05) is 0 Å². The second-order valence-electron chi connectivity index (χ2n) is 7.46. The smallest absolute Gasteiger partial charge is 0.269 e. The second kappa shape index (κ2) is 10.1. The molecule has 0 radical (unpaired) electrons. The van der Waals surface area contributed by atoms with Crippen molar-refractivity contribution in [1.29, 1.82) is 0 Å². The van der Waals surface area contributed by atoms with Crippen LogP contribution >= 0.6 is 0 Å². The molecule has 1 aromatic carbocycles. The van der Waals surface area contributed by atoms with Gasteiger partial charge in [0.15, 0.2) is 5.75 Å². The van der Waals surface area contributed by atoms with Crippen molar-refractivity contribution in [3.05, 3.63) is 62.6 Å². The molecule has 1 fully saturated rings. The van der Waals surface area contributed by atoms with E-state index in [4.69, 9.17) is 4.74 Å². The number of ether oxygens (including phenoxy) is 1. The maximum absolute atomic E-state index is 12.6. The molecule has 0 spiro atoms. The molecule has 2 heterocycles. The summed E-state index contributed by atoms with van der Waals surface area (Å²) < 4.78 is 6.77. The first-order chi connectivity index (χ1) is 15.3. The molecule has 0 bridgehead atoms. The second-order valence-corrected chi connectivity index (χ2v) is 7.46. The molecule has 11 nitrogen and oxygen atoms in total. The number of pyridine rings is 1. The predicted octanol–water partition coefficient (Wildman–Crippen LogP) is 1.07. The average molecular weight is 443 g/mol. The third-order valence-electron chi connectivity index (χ3n) is 5.28. The molecule has 3 rings (SSSR count). The van der Waals surface area contributed by atoms with E-state index in [2.05, 4.69) is 10.2 Å². The number of rotatable bonds is 7. The molecule has 1 aliphatic heterocycles. The van der Waals surface area contributed by atoms with E-state index < -0.39 is 4.92 Å². The topological polar surface area (TPSA) is 127 Å². The van der Waals surface area contributed by atoms with Crippen LogP contribution in [0.1, 0.15) is 12.6 Å². The summed E-state index contributed by atoms with van der Waals surface area (Å²) >= 11 is 0. The van der Waals surface area contributed by atoms with Gasteiger partial charge in [-0.3, -0.25) is 29.4 Å². The molecule has 2 aromatic rings. The minimum atomic E-state index is -0.513. The van der Waals surface area contributed by atoms with Crippen molar-refractivity contribution in [2.24, 2.45) is 0 Å². The molecule has 1 aliphatic rings. The molecule has 2 amide bonds. The maximum Gasteiger partial charge on any atom is 0.269 e. The summed E-state index contributed by atoms with van der Waals surface area (Å²) in [7, 11) is 1.39. The number of anilines is 1. The SMILES string of the molecule is COc1cn(CC(=O)Nc2ccc([N+](=O)[O-])cc2)c(CN2CCN(C(C)=O)CC2)cc1=O. The van der Waals surface area contributed by atoms with E-state index in [-0.39, 0.29) is 35.2 Å². The van der Waals surface area contributed by atoms with Gasteiger partial charge >= 0.3 is 0 Å². The summed E-state index contributed by atoms with van der Waals surface area (Å²) in [5, 5.41) is 13.5. The number of carbonyl (C=O) groups excluding carboxylic acids is 2. The van der Waals surface area contributed by atoms with Crippen LogP contribution in [0.3, 0.4) is 0 Å². The van der Waals surface area contributed by atoms with Crippen LogP contribution in [0.5, 0.6) is 5.75 Å². The summed E-state index contributed by atoms with van der Waals surface area (Å²) in [5.41, 5.74) is 0.721. The number of aromatic nitrogens is 1. The number of methoxy groups -OCH3 is 1. The van der Waals surface area contributed by atoms with E-state index in [9.17, 15) is 24.5 Å². The van der Waals surface area contributed by atoms with Gasteiger partial charge < -0.3 is 19.5 Å². The van der Waals surface area contributed by atoms with Crippen molar-refractivity contribution in [2.45, 2.75) is 20.0 Å². The molecule has 0 saturated carbocycles. The van der Waals surface area contributed by atoms with Crippen LogP contribution in [0.15, 0.2) is 41.3 Å². The highest BCUT2D eigenvalue weighted by atomic mass is 16.6. The van der Waals surface area contributed by atoms with Crippen LogP contribution in [-0.2, 0) is 22.7 Å². The van der Waals surface area contributed by atoms with Crippen LogP contribution in [0.25, 0.3) is 0 Å². The number of benzene rings is 1. The molecule has 11 heteroatoms. The molecule has 0 unspecified atom stereocenters. The van der Waals surface area contributed by atoms with Crippen molar-refractivity contribution >= 4 is 23.2 Å². The molecule has 1 saturated heterocycles. The first-order valence-corrected chi connectivity index (χ1v) is 10.1. The van der Waals surface area contributed by atoms with Crippen molar-refractivity contribution in [3.63, 3.8) is 0 Å². The van der Waals surface area contributed by atoms with Gasteiger partial charge in [-0.15, -0.1) is 0 Å². The first-order valence-electron chi connectivity index (χ1n) is 10.1. The van der Waals surface area contributed by atoms with Gasteiger partial charge in [0.2, 0.25) is 17.2 Å². The lowest BCUT2D eigenvalue weighted by atomic mass is 10.2. The standard InChI is InChI=1S/C21H25N5O6/c1-15(27)24-9-7-23(8-10-24)12-18-11-19(28)20(32-2)13-25(18)14-21(29)22-16-3-5-17(6-4-16)26(30)31/h3-6,11,13H,7-10,12,14H2,1-2H3,(H,22,29).